The van der Waals surface area contributed by atoms with Crippen LogP contribution < -0.4 is 14.8 Å². The molecule has 1 aliphatic heterocycles. The number of nitro benzene ring substituents is 1. The molecule has 1 heterocycles. The van der Waals surface area contributed by atoms with E-state index in [0.717, 1.165) is 6.07 Å². The molecule has 4 rings (SSSR count). The van der Waals surface area contributed by atoms with Gasteiger partial charge in [0.15, 0.2) is 0 Å². The SMILES string of the molecule is COc1ccc([N+](=O)[O-])cc1NS(=O)(=O)c1ccc2c3c(cccc13)C(=O)N2. The number of carbonyl (C=O) groups is 1. The maximum atomic E-state index is 13.0. The minimum Gasteiger partial charge on any atom is -0.495 e. The van der Waals surface area contributed by atoms with Crippen LogP contribution in [0.25, 0.3) is 10.8 Å². The van der Waals surface area contributed by atoms with Crippen molar-refractivity contribution in [3.8, 4) is 5.75 Å². The Morgan fingerprint density at radius 1 is 1.14 bits per heavy atom. The van der Waals surface area contributed by atoms with Gasteiger partial charge in [0, 0.05) is 34.2 Å². The van der Waals surface area contributed by atoms with Crippen molar-refractivity contribution in [3.63, 3.8) is 0 Å². The second-order valence-electron chi connectivity index (χ2n) is 6.04. The standard InChI is InChI=1S/C18H13N3O6S/c1-27-15-7-5-10(21(23)24)9-14(15)20-28(25,26)16-8-6-13-17-11(16)3-2-4-12(17)18(22)19-13/h2-9,20H,1H3,(H,19,22). The smallest absolute Gasteiger partial charge is 0.271 e. The van der Waals surface area contributed by atoms with E-state index in [1.165, 1.54) is 31.4 Å². The molecule has 3 aromatic carbocycles. The number of nitrogens with zero attached hydrogens (tertiary/aromatic N) is 1. The molecule has 0 aromatic heterocycles. The first-order chi connectivity index (χ1) is 13.3. The van der Waals surface area contributed by atoms with Crippen molar-refractivity contribution in [2.75, 3.05) is 17.1 Å². The minimum atomic E-state index is -4.13. The first-order valence-electron chi connectivity index (χ1n) is 8.04. The van der Waals surface area contributed by atoms with E-state index in [4.69, 9.17) is 4.74 Å². The highest BCUT2D eigenvalue weighted by Gasteiger charge is 2.27. The van der Waals surface area contributed by atoms with Crippen LogP contribution in [0.5, 0.6) is 5.75 Å². The topological polar surface area (TPSA) is 128 Å². The predicted octanol–water partition coefficient (Wildman–Crippen LogP) is 3.12. The van der Waals surface area contributed by atoms with Crippen LogP contribution in [0.2, 0.25) is 0 Å². The Labute approximate surface area is 159 Å². The number of anilines is 2. The van der Waals surface area contributed by atoms with Crippen molar-refractivity contribution in [1.82, 2.24) is 0 Å². The summed E-state index contributed by atoms with van der Waals surface area (Å²) in [5.41, 5.74) is 0.572. The van der Waals surface area contributed by atoms with E-state index in [9.17, 15) is 23.3 Å². The molecule has 0 saturated carbocycles. The van der Waals surface area contributed by atoms with Gasteiger partial charge in [-0.1, -0.05) is 12.1 Å². The molecule has 0 bridgehead atoms. The van der Waals surface area contributed by atoms with E-state index >= 15 is 0 Å². The molecule has 9 nitrogen and oxygen atoms in total. The van der Waals surface area contributed by atoms with E-state index in [1.807, 2.05) is 0 Å². The summed E-state index contributed by atoms with van der Waals surface area (Å²) in [7, 11) is -2.80. The number of nitrogens with one attached hydrogen (secondary N) is 2. The van der Waals surface area contributed by atoms with Crippen molar-refractivity contribution < 1.29 is 22.9 Å². The molecule has 0 fully saturated rings. The Hall–Kier alpha value is -3.66. The fourth-order valence-corrected chi connectivity index (χ4v) is 4.45. The Morgan fingerprint density at radius 3 is 2.64 bits per heavy atom. The van der Waals surface area contributed by atoms with Crippen LogP contribution in [0.4, 0.5) is 17.1 Å². The predicted molar refractivity (Wildman–Crippen MR) is 102 cm³/mol. The van der Waals surface area contributed by atoms with Gasteiger partial charge in [-0.15, -0.1) is 0 Å². The van der Waals surface area contributed by atoms with Crippen LogP contribution in [0.1, 0.15) is 10.4 Å². The van der Waals surface area contributed by atoms with E-state index in [2.05, 4.69) is 10.0 Å². The third kappa shape index (κ3) is 2.70. The molecule has 0 aliphatic carbocycles. The van der Waals surface area contributed by atoms with E-state index in [1.54, 1.807) is 18.2 Å². The molecule has 1 amide bonds. The molecule has 2 N–H and O–H groups in total. The van der Waals surface area contributed by atoms with Gasteiger partial charge in [-0.3, -0.25) is 19.6 Å². The molecular formula is C18H13N3O6S. The van der Waals surface area contributed by atoms with Gasteiger partial charge in [0.2, 0.25) is 0 Å². The number of rotatable bonds is 5. The zero-order chi connectivity index (χ0) is 20.1. The number of carbonyl (C=O) groups excluding carboxylic acids is 1. The quantitative estimate of drug-likeness (QED) is 0.501. The summed E-state index contributed by atoms with van der Waals surface area (Å²) in [5, 5.41) is 14.6. The third-order valence-corrected chi connectivity index (χ3v) is 5.84. The van der Waals surface area contributed by atoms with Crippen LogP contribution >= 0.6 is 0 Å². The van der Waals surface area contributed by atoms with Crippen LogP contribution in [-0.4, -0.2) is 26.4 Å². The van der Waals surface area contributed by atoms with Gasteiger partial charge in [-0.2, -0.15) is 0 Å². The summed E-state index contributed by atoms with van der Waals surface area (Å²) in [6.45, 7) is 0. The normalized spacial score (nSPS) is 12.7. The largest absolute Gasteiger partial charge is 0.495 e. The summed E-state index contributed by atoms with van der Waals surface area (Å²) in [6, 6.07) is 11.3. The highest BCUT2D eigenvalue weighted by molar-refractivity contribution is 7.93. The van der Waals surface area contributed by atoms with Gasteiger partial charge in [0.25, 0.3) is 21.6 Å². The lowest BCUT2D eigenvalue weighted by molar-refractivity contribution is -0.384. The van der Waals surface area contributed by atoms with E-state index < -0.39 is 14.9 Å². The summed E-state index contributed by atoms with van der Waals surface area (Å²) < 4.78 is 33.6. The number of amides is 1. The number of methoxy groups -OCH3 is 1. The van der Waals surface area contributed by atoms with Crippen molar-refractivity contribution >= 4 is 43.8 Å². The van der Waals surface area contributed by atoms with Gasteiger partial charge < -0.3 is 10.1 Å². The summed E-state index contributed by atoms with van der Waals surface area (Å²) in [5.74, 6) is -0.166. The number of hydrogen-bond donors (Lipinski definition) is 2. The van der Waals surface area contributed by atoms with E-state index in [-0.39, 0.29) is 27.9 Å². The Morgan fingerprint density at radius 2 is 1.93 bits per heavy atom. The zero-order valence-corrected chi connectivity index (χ0v) is 15.2. The lowest BCUT2D eigenvalue weighted by atomic mass is 10.1. The first kappa shape index (κ1) is 17.7. The van der Waals surface area contributed by atoms with Gasteiger partial charge in [-0.25, -0.2) is 8.42 Å². The van der Waals surface area contributed by atoms with E-state index in [0.29, 0.717) is 22.0 Å². The molecule has 10 heteroatoms. The molecule has 0 unspecified atom stereocenters. The number of hydrogen-bond acceptors (Lipinski definition) is 6. The van der Waals surface area contributed by atoms with Crippen molar-refractivity contribution in [2.45, 2.75) is 4.90 Å². The average Bonchev–Trinajstić information content (AvgIpc) is 2.99. The van der Waals surface area contributed by atoms with Gasteiger partial charge in [0.05, 0.1) is 22.6 Å². The lowest BCUT2D eigenvalue weighted by Gasteiger charge is -2.13. The molecule has 142 valence electrons. The second-order valence-corrected chi connectivity index (χ2v) is 7.69. The fraction of sp³-hybridized carbons (Fsp3) is 0.0556. The van der Waals surface area contributed by atoms with Crippen LogP contribution in [0, 0.1) is 10.1 Å². The molecule has 0 radical (unpaired) electrons. The van der Waals surface area contributed by atoms with Crippen LogP contribution in [-0.2, 0) is 10.0 Å². The van der Waals surface area contributed by atoms with Crippen molar-refractivity contribution in [2.24, 2.45) is 0 Å². The molecule has 0 saturated heterocycles. The molecule has 0 spiro atoms. The summed E-state index contributed by atoms with van der Waals surface area (Å²) in [6.07, 6.45) is 0. The summed E-state index contributed by atoms with van der Waals surface area (Å²) in [4.78, 5) is 22.4. The van der Waals surface area contributed by atoms with Crippen molar-refractivity contribution in [3.05, 3.63) is 64.2 Å². The molecule has 1 aliphatic rings. The van der Waals surface area contributed by atoms with Gasteiger partial charge in [-0.05, 0) is 24.3 Å². The second kappa shape index (κ2) is 6.20. The van der Waals surface area contributed by atoms with Crippen molar-refractivity contribution in [1.29, 1.82) is 0 Å². The third-order valence-electron chi connectivity index (χ3n) is 4.42. The Bertz CT molecular complexity index is 1270. The molecule has 28 heavy (non-hydrogen) atoms. The number of benzene rings is 3. The Balaban J connectivity index is 1.85. The number of nitro groups is 1. The lowest BCUT2D eigenvalue weighted by Crippen LogP contribution is -2.14. The van der Waals surface area contributed by atoms with Crippen LogP contribution in [0.3, 0.4) is 0 Å². The maximum Gasteiger partial charge on any atom is 0.271 e. The minimum absolute atomic E-state index is 0.0573. The highest BCUT2D eigenvalue weighted by atomic mass is 32.2. The average molecular weight is 399 g/mol. The monoisotopic (exact) mass is 399 g/mol. The number of ether oxygens (including phenoxy) is 1. The fourth-order valence-electron chi connectivity index (χ4n) is 3.19. The number of sulfonamides is 1. The van der Waals surface area contributed by atoms with Crippen LogP contribution in [0.15, 0.2) is 53.4 Å². The molecule has 3 aromatic rings. The summed E-state index contributed by atoms with van der Waals surface area (Å²) >= 11 is 0. The number of non-ortho nitro benzene ring substituents is 1. The Kier molecular flexibility index (Phi) is 3.93. The molecule has 0 atom stereocenters. The first-order valence-corrected chi connectivity index (χ1v) is 9.52. The van der Waals surface area contributed by atoms with Gasteiger partial charge in [0.1, 0.15) is 5.75 Å². The highest BCUT2D eigenvalue weighted by Crippen LogP contribution is 2.38. The van der Waals surface area contributed by atoms with Gasteiger partial charge >= 0.3 is 0 Å². The zero-order valence-electron chi connectivity index (χ0n) is 14.4. The maximum absolute atomic E-state index is 13.0. The molecular weight excluding hydrogens is 386 g/mol.